The van der Waals surface area contributed by atoms with Crippen molar-refractivity contribution in [3.05, 3.63) is 57.6 Å². The second-order valence-corrected chi connectivity index (χ2v) is 7.90. The maximum absolute atomic E-state index is 13.0. The molecule has 0 aliphatic carbocycles. The van der Waals surface area contributed by atoms with Gasteiger partial charge in [-0.05, 0) is 68.7 Å². The number of hydrogen-bond donors (Lipinski definition) is 1. The molecule has 0 spiro atoms. The van der Waals surface area contributed by atoms with Gasteiger partial charge in [0.15, 0.2) is 6.61 Å². The highest BCUT2D eigenvalue weighted by Gasteiger charge is 2.26. The van der Waals surface area contributed by atoms with E-state index in [4.69, 9.17) is 9.47 Å². The Morgan fingerprint density at radius 2 is 1.80 bits per heavy atom. The zero-order valence-electron chi connectivity index (χ0n) is 18.1. The van der Waals surface area contributed by atoms with Gasteiger partial charge in [-0.25, -0.2) is 0 Å². The highest BCUT2D eigenvalue weighted by molar-refractivity contribution is 9.10. The van der Waals surface area contributed by atoms with E-state index in [1.54, 1.807) is 14.0 Å². The van der Waals surface area contributed by atoms with Crippen molar-refractivity contribution in [2.45, 2.75) is 40.3 Å². The summed E-state index contributed by atoms with van der Waals surface area (Å²) >= 11 is 3.53. The number of rotatable bonds is 9. The van der Waals surface area contributed by atoms with Crippen molar-refractivity contribution in [1.29, 1.82) is 0 Å². The Bertz CT molecular complexity index is 878. The van der Waals surface area contributed by atoms with Crippen molar-refractivity contribution in [2.75, 3.05) is 20.3 Å². The monoisotopic (exact) mass is 476 g/mol. The number of benzene rings is 2. The van der Waals surface area contributed by atoms with Gasteiger partial charge in [-0.1, -0.05) is 28.1 Å². The SMILES string of the molecule is CCNC(=O)[C@@H](C)N(Cc1cccc(OC)c1)C(=O)COc1cc(C)c(Br)c(C)c1. The highest BCUT2D eigenvalue weighted by atomic mass is 79.9. The third-order valence-electron chi connectivity index (χ3n) is 4.78. The molecule has 1 atom stereocenters. The van der Waals surface area contributed by atoms with E-state index in [9.17, 15) is 9.59 Å². The average Bonchev–Trinajstić information content (AvgIpc) is 2.73. The quantitative estimate of drug-likeness (QED) is 0.593. The molecule has 2 rings (SSSR count). The summed E-state index contributed by atoms with van der Waals surface area (Å²) in [4.78, 5) is 27.0. The smallest absolute Gasteiger partial charge is 0.261 e. The molecule has 0 unspecified atom stereocenters. The van der Waals surface area contributed by atoms with Gasteiger partial charge < -0.3 is 19.7 Å². The van der Waals surface area contributed by atoms with Crippen LogP contribution in [0.25, 0.3) is 0 Å². The van der Waals surface area contributed by atoms with Crippen LogP contribution in [-0.2, 0) is 16.1 Å². The first-order valence-electron chi connectivity index (χ1n) is 9.86. The molecular weight excluding hydrogens is 448 g/mol. The molecule has 1 N–H and O–H groups in total. The Morgan fingerprint density at radius 3 is 2.40 bits per heavy atom. The van der Waals surface area contributed by atoms with Crippen molar-refractivity contribution in [2.24, 2.45) is 0 Å². The fourth-order valence-corrected chi connectivity index (χ4v) is 3.32. The van der Waals surface area contributed by atoms with E-state index in [0.29, 0.717) is 18.0 Å². The number of halogens is 1. The van der Waals surface area contributed by atoms with Gasteiger partial charge in [0.25, 0.3) is 5.91 Å². The summed E-state index contributed by atoms with van der Waals surface area (Å²) in [6.07, 6.45) is 0. The second-order valence-electron chi connectivity index (χ2n) is 7.10. The van der Waals surface area contributed by atoms with Crippen molar-refractivity contribution in [3.8, 4) is 11.5 Å². The molecule has 30 heavy (non-hydrogen) atoms. The van der Waals surface area contributed by atoms with E-state index in [2.05, 4.69) is 21.2 Å². The van der Waals surface area contributed by atoms with E-state index in [1.165, 1.54) is 4.90 Å². The lowest BCUT2D eigenvalue weighted by molar-refractivity contribution is -0.142. The molecule has 0 bridgehead atoms. The van der Waals surface area contributed by atoms with Crippen LogP contribution in [0.5, 0.6) is 11.5 Å². The van der Waals surface area contributed by atoms with Gasteiger partial charge in [0.1, 0.15) is 17.5 Å². The lowest BCUT2D eigenvalue weighted by Gasteiger charge is -2.28. The van der Waals surface area contributed by atoms with Crippen LogP contribution in [0.4, 0.5) is 0 Å². The Hall–Kier alpha value is -2.54. The molecule has 2 amide bonds. The number of ether oxygens (including phenoxy) is 2. The third kappa shape index (κ3) is 6.23. The summed E-state index contributed by atoms with van der Waals surface area (Å²) in [5.74, 6) is 0.843. The molecule has 0 aliphatic rings. The number of carbonyl (C=O) groups is 2. The molecule has 7 heteroatoms. The number of nitrogens with zero attached hydrogens (tertiary/aromatic N) is 1. The summed E-state index contributed by atoms with van der Waals surface area (Å²) in [6, 6.07) is 10.6. The Labute approximate surface area is 186 Å². The van der Waals surface area contributed by atoms with Crippen LogP contribution in [0, 0.1) is 13.8 Å². The minimum Gasteiger partial charge on any atom is -0.497 e. The second kappa shape index (κ2) is 11.0. The van der Waals surface area contributed by atoms with Crippen molar-refractivity contribution >= 4 is 27.7 Å². The molecule has 0 fully saturated rings. The fraction of sp³-hybridized carbons (Fsp3) is 0.391. The summed E-state index contributed by atoms with van der Waals surface area (Å²) in [5, 5.41) is 2.78. The third-order valence-corrected chi connectivity index (χ3v) is 6.03. The van der Waals surface area contributed by atoms with Crippen molar-refractivity contribution in [3.63, 3.8) is 0 Å². The number of aryl methyl sites for hydroxylation is 2. The van der Waals surface area contributed by atoms with Gasteiger partial charge in [-0.2, -0.15) is 0 Å². The van der Waals surface area contributed by atoms with Crippen LogP contribution in [0.2, 0.25) is 0 Å². The molecule has 6 nitrogen and oxygen atoms in total. The van der Waals surface area contributed by atoms with E-state index < -0.39 is 6.04 Å². The van der Waals surface area contributed by atoms with E-state index in [0.717, 1.165) is 21.2 Å². The Kier molecular flexibility index (Phi) is 8.72. The molecule has 2 aromatic carbocycles. The van der Waals surface area contributed by atoms with Crippen LogP contribution in [0.15, 0.2) is 40.9 Å². The first-order valence-corrected chi connectivity index (χ1v) is 10.7. The topological polar surface area (TPSA) is 67.9 Å². The number of carbonyl (C=O) groups excluding carboxylic acids is 2. The maximum atomic E-state index is 13.0. The lowest BCUT2D eigenvalue weighted by Crippen LogP contribution is -2.49. The van der Waals surface area contributed by atoms with Gasteiger partial charge in [-0.15, -0.1) is 0 Å². The van der Waals surface area contributed by atoms with E-state index in [1.807, 2.05) is 57.2 Å². The minimum atomic E-state index is -0.638. The van der Waals surface area contributed by atoms with Crippen LogP contribution in [0.3, 0.4) is 0 Å². The van der Waals surface area contributed by atoms with Crippen molar-refractivity contribution in [1.82, 2.24) is 10.2 Å². The molecule has 0 aliphatic heterocycles. The van der Waals surface area contributed by atoms with Crippen LogP contribution in [0.1, 0.15) is 30.5 Å². The Balaban J connectivity index is 2.19. The molecule has 0 saturated heterocycles. The zero-order chi connectivity index (χ0) is 22.3. The fourth-order valence-electron chi connectivity index (χ4n) is 3.09. The van der Waals surface area contributed by atoms with Gasteiger partial charge in [-0.3, -0.25) is 9.59 Å². The van der Waals surface area contributed by atoms with Gasteiger partial charge in [0.05, 0.1) is 7.11 Å². The summed E-state index contributed by atoms with van der Waals surface area (Å²) < 4.78 is 12.1. The van der Waals surface area contributed by atoms with Crippen LogP contribution < -0.4 is 14.8 Å². The maximum Gasteiger partial charge on any atom is 0.261 e. The van der Waals surface area contributed by atoms with Crippen molar-refractivity contribution < 1.29 is 19.1 Å². The first-order chi connectivity index (χ1) is 14.3. The molecular formula is C23H29BrN2O4. The number of likely N-dealkylation sites (N-methyl/N-ethyl adjacent to an activating group) is 1. The standard InChI is InChI=1S/C23H29BrN2O4/c1-6-25-23(28)17(4)26(13-18-8-7-9-19(12-18)29-5)21(27)14-30-20-10-15(2)22(24)16(3)11-20/h7-12,17H,6,13-14H2,1-5H3,(H,25,28)/t17-/m1/s1. The molecule has 2 aromatic rings. The van der Waals surface area contributed by atoms with E-state index in [-0.39, 0.29) is 25.0 Å². The summed E-state index contributed by atoms with van der Waals surface area (Å²) in [5.41, 5.74) is 2.93. The number of nitrogens with one attached hydrogen (secondary N) is 1. The minimum absolute atomic E-state index is 0.159. The molecule has 0 heterocycles. The normalized spacial score (nSPS) is 11.5. The van der Waals surface area contributed by atoms with E-state index >= 15 is 0 Å². The number of methoxy groups -OCH3 is 1. The largest absolute Gasteiger partial charge is 0.497 e. The first kappa shape index (κ1) is 23.7. The van der Waals surface area contributed by atoms with Gasteiger partial charge in [0, 0.05) is 17.6 Å². The molecule has 162 valence electrons. The van der Waals surface area contributed by atoms with Crippen LogP contribution in [-0.4, -0.2) is 43.0 Å². The zero-order valence-corrected chi connectivity index (χ0v) is 19.7. The number of hydrogen-bond acceptors (Lipinski definition) is 4. The molecule has 0 saturated carbocycles. The van der Waals surface area contributed by atoms with Gasteiger partial charge >= 0.3 is 0 Å². The summed E-state index contributed by atoms with van der Waals surface area (Å²) in [7, 11) is 1.59. The molecule has 0 aromatic heterocycles. The lowest BCUT2D eigenvalue weighted by atomic mass is 10.1. The highest BCUT2D eigenvalue weighted by Crippen LogP contribution is 2.26. The van der Waals surface area contributed by atoms with Crippen LogP contribution >= 0.6 is 15.9 Å². The summed E-state index contributed by atoms with van der Waals surface area (Å²) in [6.45, 7) is 8.12. The predicted molar refractivity (Wildman–Crippen MR) is 121 cm³/mol. The van der Waals surface area contributed by atoms with Gasteiger partial charge in [0.2, 0.25) is 5.91 Å². The number of amides is 2. The Morgan fingerprint density at radius 1 is 1.13 bits per heavy atom. The average molecular weight is 477 g/mol. The molecule has 0 radical (unpaired) electrons. The predicted octanol–water partition coefficient (Wildman–Crippen LogP) is 4.01.